The molecule has 2 rings (SSSR count). The second-order valence-electron chi connectivity index (χ2n) is 5.64. The molecule has 21 heavy (non-hydrogen) atoms. The van der Waals surface area contributed by atoms with Crippen LogP contribution in [-0.4, -0.2) is 55.7 Å². The van der Waals surface area contributed by atoms with Crippen molar-refractivity contribution in [1.29, 1.82) is 0 Å². The number of hydrogen-bond acceptors (Lipinski definition) is 7. The number of rotatable bonds is 5. The normalized spacial score (nSPS) is 17.6. The zero-order valence-corrected chi connectivity index (χ0v) is 14.5. The lowest BCUT2D eigenvalue weighted by atomic mass is 10.2. The van der Waals surface area contributed by atoms with E-state index >= 15 is 0 Å². The molecule has 2 heterocycles. The average molecular weight is 332 g/mol. The third kappa shape index (κ3) is 3.49. The van der Waals surface area contributed by atoms with Crippen LogP contribution in [0.15, 0.2) is 4.90 Å². The minimum absolute atomic E-state index is 0.120. The topological polar surface area (TPSA) is 79.5 Å². The van der Waals surface area contributed by atoms with Gasteiger partial charge in [0.2, 0.25) is 0 Å². The molecule has 2 N–H and O–H groups in total. The number of hydrogen-bond donors (Lipinski definition) is 1. The molecule has 1 aromatic rings. The number of aromatic nitrogens is 1. The van der Waals surface area contributed by atoms with Gasteiger partial charge in [-0.1, -0.05) is 6.92 Å². The molecule has 0 radical (unpaired) electrons. The highest BCUT2D eigenvalue weighted by atomic mass is 32.2. The third-order valence-electron chi connectivity index (χ3n) is 3.77. The van der Waals surface area contributed by atoms with Crippen LogP contribution in [0, 0.1) is 0 Å². The Morgan fingerprint density at radius 1 is 1.29 bits per heavy atom. The molecule has 0 amide bonds. The monoisotopic (exact) mass is 332 g/mol. The van der Waals surface area contributed by atoms with Crippen LogP contribution in [0.5, 0.6) is 0 Å². The maximum atomic E-state index is 12.4. The second kappa shape index (κ2) is 6.50. The van der Waals surface area contributed by atoms with Gasteiger partial charge in [-0.2, -0.15) is 4.37 Å². The number of anilines is 2. The molecule has 120 valence electrons. The number of piperazine rings is 1. The van der Waals surface area contributed by atoms with E-state index in [9.17, 15) is 8.42 Å². The Hall–Kier alpha value is -0.860. The van der Waals surface area contributed by atoms with E-state index in [2.05, 4.69) is 28.0 Å². The highest BCUT2D eigenvalue weighted by Crippen LogP contribution is 2.36. The molecular weight excluding hydrogens is 308 g/mol. The summed E-state index contributed by atoms with van der Waals surface area (Å²) in [5, 5.41) is 0.712. The van der Waals surface area contributed by atoms with Gasteiger partial charge in [0.1, 0.15) is 9.90 Å². The van der Waals surface area contributed by atoms with Gasteiger partial charge in [-0.05, 0) is 31.8 Å². The molecule has 0 saturated carbocycles. The third-order valence-corrected chi connectivity index (χ3v) is 6.80. The maximum absolute atomic E-state index is 12.4. The van der Waals surface area contributed by atoms with E-state index in [1.165, 1.54) is 11.5 Å². The first-order valence-corrected chi connectivity index (χ1v) is 9.76. The van der Waals surface area contributed by atoms with Crippen molar-refractivity contribution in [3.8, 4) is 0 Å². The largest absolute Gasteiger partial charge is 0.382 e. The van der Waals surface area contributed by atoms with Crippen molar-refractivity contribution in [2.24, 2.45) is 0 Å². The van der Waals surface area contributed by atoms with Gasteiger partial charge >= 0.3 is 0 Å². The van der Waals surface area contributed by atoms with Crippen molar-refractivity contribution in [3.63, 3.8) is 0 Å². The number of sulfone groups is 1. The van der Waals surface area contributed by atoms with Crippen molar-refractivity contribution in [2.45, 2.75) is 38.1 Å². The molecule has 1 aliphatic rings. The average Bonchev–Trinajstić information content (AvgIpc) is 2.81. The molecule has 6 nitrogen and oxygen atoms in total. The molecule has 0 unspecified atom stereocenters. The van der Waals surface area contributed by atoms with Crippen LogP contribution in [0.2, 0.25) is 0 Å². The predicted molar refractivity (Wildman–Crippen MR) is 87.8 cm³/mol. The van der Waals surface area contributed by atoms with E-state index in [0.29, 0.717) is 17.5 Å². The van der Waals surface area contributed by atoms with Crippen LogP contribution in [0.4, 0.5) is 10.8 Å². The molecule has 0 spiro atoms. The summed E-state index contributed by atoms with van der Waals surface area (Å²) in [6.45, 7) is 9.71. The Bertz CT molecular complexity index is 575. The van der Waals surface area contributed by atoms with Crippen molar-refractivity contribution in [1.82, 2.24) is 9.27 Å². The SMILES string of the molecule is CCCS(=O)(=O)c1c(N)nsc1N1CCN(C(C)C)CC1. The molecule has 8 heteroatoms. The van der Waals surface area contributed by atoms with Gasteiger partial charge in [-0.25, -0.2) is 8.42 Å². The fourth-order valence-electron chi connectivity index (χ4n) is 2.59. The lowest BCUT2D eigenvalue weighted by Crippen LogP contribution is -2.49. The summed E-state index contributed by atoms with van der Waals surface area (Å²) < 4.78 is 28.9. The molecule has 1 saturated heterocycles. The zero-order chi connectivity index (χ0) is 15.6. The van der Waals surface area contributed by atoms with Crippen molar-refractivity contribution >= 4 is 32.2 Å². The molecule has 0 aromatic carbocycles. The molecule has 0 atom stereocenters. The first kappa shape index (κ1) is 16.5. The quantitative estimate of drug-likeness (QED) is 0.879. The lowest BCUT2D eigenvalue weighted by Gasteiger charge is -2.37. The van der Waals surface area contributed by atoms with Crippen LogP contribution in [0.1, 0.15) is 27.2 Å². The summed E-state index contributed by atoms with van der Waals surface area (Å²) in [4.78, 5) is 4.74. The zero-order valence-electron chi connectivity index (χ0n) is 12.9. The van der Waals surface area contributed by atoms with Crippen LogP contribution in [0.25, 0.3) is 0 Å². The first-order chi connectivity index (χ1) is 9.86. The Morgan fingerprint density at radius 3 is 2.43 bits per heavy atom. The first-order valence-electron chi connectivity index (χ1n) is 7.33. The highest BCUT2D eigenvalue weighted by molar-refractivity contribution is 7.91. The van der Waals surface area contributed by atoms with Gasteiger partial charge < -0.3 is 10.6 Å². The Morgan fingerprint density at radius 2 is 1.90 bits per heavy atom. The Balaban J connectivity index is 2.23. The van der Waals surface area contributed by atoms with E-state index in [1.807, 2.05) is 6.92 Å². The number of nitrogens with two attached hydrogens (primary N) is 1. The van der Waals surface area contributed by atoms with Gasteiger partial charge in [-0.3, -0.25) is 4.90 Å². The fourth-order valence-corrected chi connectivity index (χ4v) is 5.40. The minimum atomic E-state index is -3.34. The van der Waals surface area contributed by atoms with Crippen LogP contribution in [0.3, 0.4) is 0 Å². The van der Waals surface area contributed by atoms with Gasteiger partial charge in [0.25, 0.3) is 0 Å². The number of nitrogens with zero attached hydrogens (tertiary/aromatic N) is 3. The summed E-state index contributed by atoms with van der Waals surface area (Å²) in [5.41, 5.74) is 5.82. The van der Waals surface area contributed by atoms with E-state index in [0.717, 1.165) is 26.2 Å². The Kier molecular flexibility index (Phi) is 5.11. The summed E-state index contributed by atoms with van der Waals surface area (Å²) in [6.07, 6.45) is 0.582. The molecule has 1 fully saturated rings. The summed E-state index contributed by atoms with van der Waals surface area (Å²) >= 11 is 1.20. The van der Waals surface area contributed by atoms with E-state index in [-0.39, 0.29) is 16.5 Å². The summed E-state index contributed by atoms with van der Waals surface area (Å²) in [6, 6.07) is 0.516. The van der Waals surface area contributed by atoms with Crippen LogP contribution < -0.4 is 10.6 Å². The van der Waals surface area contributed by atoms with E-state index in [1.54, 1.807) is 0 Å². The number of nitrogen functional groups attached to an aromatic ring is 1. The van der Waals surface area contributed by atoms with Gasteiger partial charge in [-0.15, -0.1) is 0 Å². The fraction of sp³-hybridized carbons (Fsp3) is 0.769. The van der Waals surface area contributed by atoms with E-state index < -0.39 is 9.84 Å². The smallest absolute Gasteiger partial charge is 0.185 e. The van der Waals surface area contributed by atoms with E-state index in [4.69, 9.17) is 5.73 Å². The maximum Gasteiger partial charge on any atom is 0.185 e. The van der Waals surface area contributed by atoms with Crippen molar-refractivity contribution in [2.75, 3.05) is 42.6 Å². The highest BCUT2D eigenvalue weighted by Gasteiger charge is 2.29. The van der Waals surface area contributed by atoms with Crippen LogP contribution in [-0.2, 0) is 9.84 Å². The molecule has 0 aliphatic carbocycles. The van der Waals surface area contributed by atoms with Crippen molar-refractivity contribution in [3.05, 3.63) is 0 Å². The lowest BCUT2D eigenvalue weighted by molar-refractivity contribution is 0.209. The summed E-state index contributed by atoms with van der Waals surface area (Å²) in [5.74, 6) is 0.268. The molecule has 1 aliphatic heterocycles. The Labute approximate surface area is 131 Å². The standard InChI is InChI=1S/C13H24N4O2S2/c1-4-9-21(18,19)11-12(14)15-20-13(11)17-7-5-16(6-8-17)10(2)3/h10H,4-9H2,1-3H3,(H2,14,15). The summed E-state index contributed by atoms with van der Waals surface area (Å²) in [7, 11) is -3.34. The molecule has 0 bridgehead atoms. The molecule has 1 aromatic heterocycles. The predicted octanol–water partition coefficient (Wildman–Crippen LogP) is 1.44. The van der Waals surface area contributed by atoms with Gasteiger partial charge in [0, 0.05) is 32.2 Å². The second-order valence-corrected chi connectivity index (χ2v) is 8.44. The minimum Gasteiger partial charge on any atom is -0.382 e. The van der Waals surface area contributed by atoms with Gasteiger partial charge in [0.05, 0.1) is 5.75 Å². The van der Waals surface area contributed by atoms with Crippen LogP contribution >= 0.6 is 11.5 Å². The van der Waals surface area contributed by atoms with Gasteiger partial charge in [0.15, 0.2) is 15.7 Å². The molecular formula is C13H24N4O2S2. The van der Waals surface area contributed by atoms with Crippen molar-refractivity contribution < 1.29 is 8.42 Å².